The summed E-state index contributed by atoms with van der Waals surface area (Å²) < 4.78 is 26.7. The summed E-state index contributed by atoms with van der Waals surface area (Å²) in [7, 11) is -3.41. The minimum absolute atomic E-state index is 0.244. The lowest BCUT2D eigenvalue weighted by Gasteiger charge is -2.38. The van der Waals surface area contributed by atoms with Gasteiger partial charge in [0.2, 0.25) is 10.0 Å². The third kappa shape index (κ3) is 2.95. The van der Waals surface area contributed by atoms with E-state index in [0.29, 0.717) is 23.7 Å². The van der Waals surface area contributed by atoms with Crippen molar-refractivity contribution < 1.29 is 8.42 Å². The number of likely N-dealkylation sites (N-methyl/N-ethyl adjacent to an activating group) is 1. The number of benzene rings is 1. The van der Waals surface area contributed by atoms with Gasteiger partial charge in [0.15, 0.2) is 0 Å². The van der Waals surface area contributed by atoms with E-state index in [2.05, 4.69) is 24.2 Å². The molecule has 1 aromatic rings. The molecule has 1 saturated heterocycles. The zero-order valence-electron chi connectivity index (χ0n) is 11.9. The van der Waals surface area contributed by atoms with Gasteiger partial charge in [0.05, 0.1) is 4.90 Å². The molecule has 7 heteroatoms. The maximum atomic E-state index is 12.6. The molecule has 20 heavy (non-hydrogen) atoms. The van der Waals surface area contributed by atoms with Crippen LogP contribution in [-0.2, 0) is 10.0 Å². The topological polar surface area (TPSA) is 78.7 Å². The Bertz CT molecular complexity index is 544. The Morgan fingerprint density at radius 1 is 1.30 bits per heavy atom. The van der Waals surface area contributed by atoms with Gasteiger partial charge in [0.1, 0.15) is 0 Å². The number of hydrazine groups is 1. The Morgan fingerprint density at radius 3 is 2.45 bits per heavy atom. The highest BCUT2D eigenvalue weighted by atomic mass is 32.2. The number of nitrogens with one attached hydrogen (secondary N) is 1. The van der Waals surface area contributed by atoms with Crippen molar-refractivity contribution in [2.75, 3.05) is 31.6 Å². The van der Waals surface area contributed by atoms with Gasteiger partial charge < -0.3 is 5.43 Å². The first kappa shape index (κ1) is 15.2. The fourth-order valence-electron chi connectivity index (χ4n) is 2.52. The highest BCUT2D eigenvalue weighted by molar-refractivity contribution is 7.89. The lowest BCUT2D eigenvalue weighted by Crippen LogP contribution is -2.53. The third-order valence-electron chi connectivity index (χ3n) is 3.79. The predicted molar refractivity (Wildman–Crippen MR) is 79.7 cm³/mol. The first-order valence-corrected chi connectivity index (χ1v) is 8.24. The normalized spacial score (nSPS) is 21.9. The highest BCUT2D eigenvalue weighted by Crippen LogP contribution is 2.21. The second kappa shape index (κ2) is 6.09. The van der Waals surface area contributed by atoms with Crippen LogP contribution in [0.4, 0.5) is 5.69 Å². The zero-order chi connectivity index (χ0) is 14.8. The van der Waals surface area contributed by atoms with Crippen molar-refractivity contribution in [2.24, 2.45) is 5.84 Å². The molecular formula is C13H22N4O2S. The fourth-order valence-corrected chi connectivity index (χ4v) is 4.03. The van der Waals surface area contributed by atoms with Crippen molar-refractivity contribution in [3.8, 4) is 0 Å². The summed E-state index contributed by atoms with van der Waals surface area (Å²) in [6, 6.07) is 6.74. The van der Waals surface area contributed by atoms with Gasteiger partial charge in [-0.1, -0.05) is 6.92 Å². The smallest absolute Gasteiger partial charge is 0.243 e. The first-order chi connectivity index (χ1) is 9.48. The predicted octanol–water partition coefficient (Wildman–Crippen LogP) is 0.687. The van der Waals surface area contributed by atoms with Gasteiger partial charge in [-0.25, -0.2) is 8.42 Å². The minimum Gasteiger partial charge on any atom is -0.324 e. The van der Waals surface area contributed by atoms with Crippen LogP contribution in [0.1, 0.15) is 13.8 Å². The Labute approximate surface area is 120 Å². The molecule has 0 aromatic heterocycles. The second-order valence-corrected chi connectivity index (χ2v) is 6.95. The van der Waals surface area contributed by atoms with Crippen molar-refractivity contribution in [1.29, 1.82) is 0 Å². The van der Waals surface area contributed by atoms with E-state index >= 15 is 0 Å². The van der Waals surface area contributed by atoms with Crippen LogP contribution in [-0.4, -0.2) is 49.8 Å². The van der Waals surface area contributed by atoms with Gasteiger partial charge in [0.25, 0.3) is 0 Å². The number of rotatable bonds is 4. The lowest BCUT2D eigenvalue weighted by atomic mass is 10.2. The molecule has 1 aromatic carbocycles. The molecule has 1 aliphatic heterocycles. The maximum absolute atomic E-state index is 12.6. The summed E-state index contributed by atoms with van der Waals surface area (Å²) in [4.78, 5) is 2.60. The number of nitrogens with zero attached hydrogens (tertiary/aromatic N) is 2. The summed E-state index contributed by atoms with van der Waals surface area (Å²) in [5.41, 5.74) is 3.18. The van der Waals surface area contributed by atoms with Gasteiger partial charge in [-0.3, -0.25) is 10.7 Å². The van der Waals surface area contributed by atoms with Gasteiger partial charge in [-0.05, 0) is 37.7 Å². The fraction of sp³-hybridized carbons (Fsp3) is 0.538. The molecule has 6 nitrogen and oxygen atoms in total. The van der Waals surface area contributed by atoms with E-state index in [9.17, 15) is 8.42 Å². The zero-order valence-corrected chi connectivity index (χ0v) is 12.7. The van der Waals surface area contributed by atoms with Crippen LogP contribution in [0.3, 0.4) is 0 Å². The van der Waals surface area contributed by atoms with Gasteiger partial charge in [0, 0.05) is 31.4 Å². The van der Waals surface area contributed by atoms with Crippen LogP contribution in [0, 0.1) is 0 Å². The van der Waals surface area contributed by atoms with Crippen molar-refractivity contribution in [2.45, 2.75) is 24.8 Å². The lowest BCUT2D eigenvalue weighted by molar-refractivity contribution is 0.135. The Kier molecular flexibility index (Phi) is 4.64. The van der Waals surface area contributed by atoms with Crippen LogP contribution in [0.2, 0.25) is 0 Å². The number of hydrogen-bond donors (Lipinski definition) is 2. The van der Waals surface area contributed by atoms with Crippen molar-refractivity contribution in [1.82, 2.24) is 9.21 Å². The standard InChI is InChI=1S/C13H22N4O2S/c1-3-16-8-9-17(10-11(16)2)20(18,19)13-6-4-12(15-14)5-7-13/h4-7,11,15H,3,8-10,14H2,1-2H3. The summed E-state index contributed by atoms with van der Waals surface area (Å²) >= 11 is 0. The van der Waals surface area contributed by atoms with E-state index in [0.717, 1.165) is 13.1 Å². The van der Waals surface area contributed by atoms with Crippen molar-refractivity contribution >= 4 is 15.7 Å². The molecule has 112 valence electrons. The van der Waals surface area contributed by atoms with Crippen LogP contribution < -0.4 is 11.3 Å². The minimum atomic E-state index is -3.41. The van der Waals surface area contributed by atoms with E-state index in [1.54, 1.807) is 28.6 Å². The number of anilines is 1. The molecule has 0 bridgehead atoms. The van der Waals surface area contributed by atoms with E-state index in [1.165, 1.54) is 0 Å². The second-order valence-electron chi connectivity index (χ2n) is 5.01. The molecule has 3 N–H and O–H groups in total. The quantitative estimate of drug-likeness (QED) is 0.631. The molecule has 1 fully saturated rings. The molecular weight excluding hydrogens is 276 g/mol. The van der Waals surface area contributed by atoms with E-state index in [1.807, 2.05) is 0 Å². The SMILES string of the molecule is CCN1CCN(S(=O)(=O)c2ccc(NN)cc2)CC1C. The van der Waals surface area contributed by atoms with Gasteiger partial charge in [-0.2, -0.15) is 4.31 Å². The van der Waals surface area contributed by atoms with E-state index in [4.69, 9.17) is 5.84 Å². The molecule has 1 aliphatic rings. The molecule has 0 saturated carbocycles. The molecule has 0 radical (unpaired) electrons. The van der Waals surface area contributed by atoms with Gasteiger partial charge in [-0.15, -0.1) is 0 Å². The third-order valence-corrected chi connectivity index (χ3v) is 5.67. The summed E-state index contributed by atoms with van der Waals surface area (Å²) in [5.74, 6) is 5.29. The van der Waals surface area contributed by atoms with Crippen LogP contribution >= 0.6 is 0 Å². The van der Waals surface area contributed by atoms with E-state index in [-0.39, 0.29) is 6.04 Å². The first-order valence-electron chi connectivity index (χ1n) is 6.80. The van der Waals surface area contributed by atoms with Gasteiger partial charge >= 0.3 is 0 Å². The van der Waals surface area contributed by atoms with E-state index < -0.39 is 10.0 Å². The van der Waals surface area contributed by atoms with Crippen molar-refractivity contribution in [3.63, 3.8) is 0 Å². The highest BCUT2D eigenvalue weighted by Gasteiger charge is 2.31. The van der Waals surface area contributed by atoms with Crippen LogP contribution in [0.5, 0.6) is 0 Å². The average molecular weight is 298 g/mol. The Morgan fingerprint density at radius 2 is 1.95 bits per heavy atom. The Balaban J connectivity index is 2.18. The molecule has 2 rings (SSSR count). The summed E-state index contributed by atoms with van der Waals surface area (Å²) in [6.07, 6.45) is 0. The molecule has 0 aliphatic carbocycles. The molecule has 0 spiro atoms. The number of piperazine rings is 1. The maximum Gasteiger partial charge on any atom is 0.243 e. The van der Waals surface area contributed by atoms with Crippen molar-refractivity contribution in [3.05, 3.63) is 24.3 Å². The van der Waals surface area contributed by atoms with Crippen LogP contribution in [0.25, 0.3) is 0 Å². The summed E-state index contributed by atoms with van der Waals surface area (Å²) in [5, 5.41) is 0. The Hall–Kier alpha value is -1.15. The molecule has 0 amide bonds. The monoisotopic (exact) mass is 298 g/mol. The number of nitrogens with two attached hydrogens (primary N) is 1. The van der Waals surface area contributed by atoms with Crippen LogP contribution in [0.15, 0.2) is 29.2 Å². The number of nitrogen functional groups attached to an aromatic ring is 1. The molecule has 1 atom stereocenters. The largest absolute Gasteiger partial charge is 0.324 e. The number of hydrogen-bond acceptors (Lipinski definition) is 5. The number of sulfonamides is 1. The average Bonchev–Trinajstić information content (AvgIpc) is 2.47. The summed E-state index contributed by atoms with van der Waals surface area (Å²) in [6.45, 7) is 6.96. The molecule has 1 heterocycles. The molecule has 1 unspecified atom stereocenters.